The number of hydrogen-bond acceptors (Lipinski definition) is 6. The minimum Gasteiger partial charge on any atom is -0.392 e. The molecule has 0 saturated heterocycles. The van der Waals surface area contributed by atoms with Gasteiger partial charge < -0.3 is 25.2 Å². The number of hydrogen-bond donors (Lipinski definition) is 3. The molecule has 3 N–H and O–H groups in total. The first-order chi connectivity index (χ1) is 19.6. The highest BCUT2D eigenvalue weighted by molar-refractivity contribution is 5.46. The largest absolute Gasteiger partial charge is 0.392 e. The summed E-state index contributed by atoms with van der Waals surface area (Å²) in [5.41, 5.74) is 3.58. The van der Waals surface area contributed by atoms with Crippen molar-refractivity contribution in [1.82, 2.24) is 10.2 Å². The number of ether oxygens (including phenoxy) is 1. The van der Waals surface area contributed by atoms with Crippen LogP contribution in [0, 0.1) is 0 Å². The molecule has 218 valence electrons. The summed E-state index contributed by atoms with van der Waals surface area (Å²) in [6.45, 7) is 8.53. The Morgan fingerprint density at radius 2 is 1.30 bits per heavy atom. The average Bonchev–Trinajstić information content (AvgIpc) is 2.97. The molecule has 0 spiro atoms. The van der Waals surface area contributed by atoms with Crippen molar-refractivity contribution < 1.29 is 14.9 Å². The third-order valence-corrected chi connectivity index (χ3v) is 6.83. The number of aliphatic hydroxyl groups is 2. The third-order valence-electron chi connectivity index (χ3n) is 6.83. The first kappa shape index (κ1) is 31.8. The Morgan fingerprint density at radius 1 is 0.700 bits per heavy atom. The summed E-state index contributed by atoms with van der Waals surface area (Å²) >= 11 is 0. The van der Waals surface area contributed by atoms with Gasteiger partial charge >= 0.3 is 0 Å². The van der Waals surface area contributed by atoms with Gasteiger partial charge in [0, 0.05) is 51.6 Å². The highest BCUT2D eigenvalue weighted by Crippen LogP contribution is 2.15. The highest BCUT2D eigenvalue weighted by Gasteiger charge is 2.18. The molecule has 0 bridgehead atoms. The molecule has 6 heteroatoms. The normalized spacial score (nSPS) is 12.9. The van der Waals surface area contributed by atoms with Crippen LogP contribution in [0.5, 0.6) is 0 Å². The van der Waals surface area contributed by atoms with Crippen LogP contribution in [0.3, 0.4) is 0 Å². The second-order valence-electron chi connectivity index (χ2n) is 10.7. The van der Waals surface area contributed by atoms with Gasteiger partial charge in [0.25, 0.3) is 0 Å². The van der Waals surface area contributed by atoms with E-state index in [4.69, 9.17) is 4.74 Å². The van der Waals surface area contributed by atoms with Crippen LogP contribution in [0.1, 0.15) is 43.7 Å². The fourth-order valence-electron chi connectivity index (χ4n) is 4.85. The second-order valence-corrected chi connectivity index (χ2v) is 10.7. The molecule has 3 rings (SSSR count). The molecule has 0 aromatic heterocycles. The SMILES string of the molecule is CC(O)CN(CC(O)CN(CCCCOCCCCNCc1ccccc1)Cc1ccccc1)c1ccccc1. The summed E-state index contributed by atoms with van der Waals surface area (Å²) in [6.07, 6.45) is 3.20. The van der Waals surface area contributed by atoms with Crippen molar-refractivity contribution in [3.8, 4) is 0 Å². The van der Waals surface area contributed by atoms with Crippen molar-refractivity contribution in [3.63, 3.8) is 0 Å². The molecule has 0 aliphatic carbocycles. The molecule has 0 heterocycles. The van der Waals surface area contributed by atoms with Gasteiger partial charge in [0.2, 0.25) is 0 Å². The highest BCUT2D eigenvalue weighted by atomic mass is 16.5. The smallest absolute Gasteiger partial charge is 0.0841 e. The van der Waals surface area contributed by atoms with Crippen molar-refractivity contribution in [3.05, 3.63) is 102 Å². The topological polar surface area (TPSA) is 68.2 Å². The van der Waals surface area contributed by atoms with Gasteiger partial charge in [0.05, 0.1) is 12.2 Å². The van der Waals surface area contributed by atoms with Gasteiger partial charge in [-0.25, -0.2) is 0 Å². The molecule has 0 amide bonds. The van der Waals surface area contributed by atoms with Gasteiger partial charge in [-0.2, -0.15) is 0 Å². The molecule has 40 heavy (non-hydrogen) atoms. The predicted octanol–water partition coefficient (Wildman–Crippen LogP) is 5.10. The lowest BCUT2D eigenvalue weighted by Crippen LogP contribution is -2.42. The monoisotopic (exact) mass is 547 g/mol. The van der Waals surface area contributed by atoms with Crippen LogP contribution in [0.15, 0.2) is 91.0 Å². The zero-order chi connectivity index (χ0) is 28.3. The summed E-state index contributed by atoms with van der Waals surface area (Å²) in [5, 5.41) is 24.6. The Bertz CT molecular complexity index is 1000. The molecular formula is C34H49N3O3. The molecule has 2 atom stereocenters. The summed E-state index contributed by atoms with van der Waals surface area (Å²) in [6, 6.07) is 31.0. The second kappa shape index (κ2) is 19.4. The lowest BCUT2D eigenvalue weighted by atomic mass is 10.1. The molecule has 0 saturated carbocycles. The fourth-order valence-corrected chi connectivity index (χ4v) is 4.85. The molecule has 3 aromatic rings. The van der Waals surface area contributed by atoms with Gasteiger partial charge in [-0.3, -0.25) is 4.90 Å². The molecule has 0 fully saturated rings. The number of nitrogens with one attached hydrogen (secondary N) is 1. The van der Waals surface area contributed by atoms with E-state index in [-0.39, 0.29) is 0 Å². The molecular weight excluding hydrogens is 498 g/mol. The van der Waals surface area contributed by atoms with Crippen molar-refractivity contribution in [2.24, 2.45) is 0 Å². The lowest BCUT2D eigenvalue weighted by Gasteiger charge is -2.31. The molecule has 0 aliphatic rings. The molecule has 3 aromatic carbocycles. The molecule has 0 aliphatic heterocycles. The van der Waals surface area contributed by atoms with Crippen LogP contribution in [0.2, 0.25) is 0 Å². The molecule has 0 radical (unpaired) electrons. The predicted molar refractivity (Wildman–Crippen MR) is 165 cm³/mol. The Morgan fingerprint density at radius 3 is 1.95 bits per heavy atom. The van der Waals surface area contributed by atoms with Crippen LogP contribution in [-0.2, 0) is 17.8 Å². The summed E-state index contributed by atoms with van der Waals surface area (Å²) in [7, 11) is 0. The van der Waals surface area contributed by atoms with Crippen LogP contribution in [0.4, 0.5) is 5.69 Å². The number of para-hydroxylation sites is 1. The van der Waals surface area contributed by atoms with E-state index < -0.39 is 12.2 Å². The van der Waals surface area contributed by atoms with E-state index in [1.165, 1.54) is 11.1 Å². The average molecular weight is 548 g/mol. The van der Waals surface area contributed by atoms with E-state index >= 15 is 0 Å². The fraction of sp³-hybridized carbons (Fsp3) is 0.471. The van der Waals surface area contributed by atoms with Crippen molar-refractivity contribution >= 4 is 5.69 Å². The summed E-state index contributed by atoms with van der Waals surface area (Å²) in [5.74, 6) is 0. The Kier molecular flexibility index (Phi) is 15.4. The van der Waals surface area contributed by atoms with E-state index in [9.17, 15) is 10.2 Å². The first-order valence-electron chi connectivity index (χ1n) is 14.8. The van der Waals surface area contributed by atoms with Crippen molar-refractivity contribution in [1.29, 1.82) is 0 Å². The van der Waals surface area contributed by atoms with Crippen LogP contribution >= 0.6 is 0 Å². The Balaban J connectivity index is 1.35. The summed E-state index contributed by atoms with van der Waals surface area (Å²) < 4.78 is 5.89. The van der Waals surface area contributed by atoms with E-state index in [2.05, 4.69) is 63.6 Å². The minimum atomic E-state index is -0.533. The minimum absolute atomic E-state index is 0.474. The van der Waals surface area contributed by atoms with E-state index in [1.807, 2.05) is 42.5 Å². The third kappa shape index (κ3) is 13.6. The van der Waals surface area contributed by atoms with Gasteiger partial charge in [-0.1, -0.05) is 78.9 Å². The molecule has 6 nitrogen and oxygen atoms in total. The molecule has 2 unspecified atom stereocenters. The standard InChI is InChI=1S/C34H49N3O3/c1-30(38)26-37(33-19-9-4-10-20-33)29-34(39)28-36(27-32-17-7-3-8-18-32)22-12-14-24-40-23-13-11-21-35-25-31-15-5-2-6-16-31/h2-10,15-20,30,34-35,38-39H,11-14,21-29H2,1H3. The van der Waals surface area contributed by atoms with Crippen molar-refractivity contribution in [2.75, 3.05) is 50.8 Å². The zero-order valence-electron chi connectivity index (χ0n) is 24.2. The maximum absolute atomic E-state index is 11.1. The number of rotatable bonds is 21. The maximum atomic E-state index is 11.1. The van der Waals surface area contributed by atoms with Crippen LogP contribution in [-0.4, -0.2) is 73.3 Å². The van der Waals surface area contributed by atoms with Gasteiger partial charge in [0.1, 0.15) is 0 Å². The number of benzene rings is 3. The quantitative estimate of drug-likeness (QED) is 0.161. The van der Waals surface area contributed by atoms with Crippen LogP contribution in [0.25, 0.3) is 0 Å². The number of unbranched alkanes of at least 4 members (excludes halogenated alkanes) is 2. The van der Waals surface area contributed by atoms with E-state index in [0.717, 1.165) is 70.8 Å². The van der Waals surface area contributed by atoms with Gasteiger partial charge in [-0.15, -0.1) is 0 Å². The Labute approximate surface area is 241 Å². The summed E-state index contributed by atoms with van der Waals surface area (Å²) in [4.78, 5) is 4.41. The number of aliphatic hydroxyl groups excluding tert-OH is 2. The van der Waals surface area contributed by atoms with Crippen molar-refractivity contribution in [2.45, 2.75) is 57.9 Å². The maximum Gasteiger partial charge on any atom is 0.0841 e. The van der Waals surface area contributed by atoms with E-state index in [0.29, 0.717) is 19.6 Å². The Hall–Kier alpha value is -2.74. The van der Waals surface area contributed by atoms with E-state index in [1.54, 1.807) is 6.92 Å². The van der Waals surface area contributed by atoms with Gasteiger partial charge in [0.15, 0.2) is 0 Å². The number of nitrogens with zero attached hydrogens (tertiary/aromatic N) is 2. The van der Waals surface area contributed by atoms with Gasteiger partial charge in [-0.05, 0) is 69.0 Å². The lowest BCUT2D eigenvalue weighted by molar-refractivity contribution is 0.100. The first-order valence-corrected chi connectivity index (χ1v) is 14.8. The number of anilines is 1. The zero-order valence-corrected chi connectivity index (χ0v) is 24.2. The van der Waals surface area contributed by atoms with Crippen LogP contribution < -0.4 is 10.2 Å².